The average Bonchev–Trinajstić information content (AvgIpc) is 2.98. The van der Waals surface area contributed by atoms with Crippen molar-refractivity contribution in [2.24, 2.45) is 4.99 Å². The third-order valence-electron chi connectivity index (χ3n) is 3.69. The molecule has 5 heteroatoms. The van der Waals surface area contributed by atoms with Crippen molar-refractivity contribution in [2.45, 2.75) is 45.2 Å². The molecule has 1 aliphatic carbocycles. The second kappa shape index (κ2) is 8.13. The third-order valence-corrected chi connectivity index (χ3v) is 3.93. The van der Waals surface area contributed by atoms with Crippen LogP contribution < -0.4 is 15.4 Å². The van der Waals surface area contributed by atoms with Crippen molar-refractivity contribution in [3.63, 3.8) is 0 Å². The molecule has 0 aromatic heterocycles. The minimum atomic E-state index is 0.549. The molecule has 1 aromatic carbocycles. The van der Waals surface area contributed by atoms with Gasteiger partial charge in [0.05, 0.1) is 6.61 Å². The molecule has 0 unspecified atom stereocenters. The van der Waals surface area contributed by atoms with E-state index >= 15 is 0 Å². The molecule has 1 fully saturated rings. The molecular formula is C16H24ClN3O. The van der Waals surface area contributed by atoms with Crippen molar-refractivity contribution in [2.75, 3.05) is 13.7 Å². The fourth-order valence-corrected chi connectivity index (χ4v) is 2.76. The first-order valence-corrected chi connectivity index (χ1v) is 7.99. The quantitative estimate of drug-likeness (QED) is 0.647. The Hall–Kier alpha value is -1.42. The predicted molar refractivity (Wildman–Crippen MR) is 88.2 cm³/mol. The van der Waals surface area contributed by atoms with Gasteiger partial charge in [0.1, 0.15) is 5.75 Å². The van der Waals surface area contributed by atoms with E-state index in [1.165, 1.54) is 25.7 Å². The summed E-state index contributed by atoms with van der Waals surface area (Å²) in [6, 6.07) is 6.28. The van der Waals surface area contributed by atoms with Gasteiger partial charge in [0.2, 0.25) is 0 Å². The van der Waals surface area contributed by atoms with E-state index in [1.807, 2.05) is 25.1 Å². The highest BCUT2D eigenvalue weighted by atomic mass is 35.5. The van der Waals surface area contributed by atoms with Crippen LogP contribution in [0.25, 0.3) is 0 Å². The zero-order valence-electron chi connectivity index (χ0n) is 12.8. The highest BCUT2D eigenvalue weighted by Crippen LogP contribution is 2.23. The number of ether oxygens (including phenoxy) is 1. The van der Waals surface area contributed by atoms with Gasteiger partial charge in [-0.3, -0.25) is 4.99 Å². The summed E-state index contributed by atoms with van der Waals surface area (Å²) in [6.07, 6.45) is 5.07. The predicted octanol–water partition coefficient (Wildman–Crippen LogP) is 3.35. The first kappa shape index (κ1) is 16.0. The lowest BCUT2D eigenvalue weighted by Gasteiger charge is -2.18. The number of nitrogens with zero attached hydrogens (tertiary/aromatic N) is 1. The molecule has 1 saturated carbocycles. The van der Waals surface area contributed by atoms with Crippen LogP contribution in [0.4, 0.5) is 0 Å². The van der Waals surface area contributed by atoms with Crippen molar-refractivity contribution in [1.29, 1.82) is 0 Å². The largest absolute Gasteiger partial charge is 0.493 e. The standard InChI is InChI=1S/C16H24ClN3O/c1-3-21-15-10-13(17)9-8-12(15)11-19-16(18-2)20-14-6-4-5-7-14/h8-10,14H,3-7,11H2,1-2H3,(H2,18,19,20). The van der Waals surface area contributed by atoms with Crippen LogP contribution in [0.2, 0.25) is 5.02 Å². The topological polar surface area (TPSA) is 45.6 Å². The zero-order chi connectivity index (χ0) is 15.1. The highest BCUT2D eigenvalue weighted by molar-refractivity contribution is 6.30. The summed E-state index contributed by atoms with van der Waals surface area (Å²) in [4.78, 5) is 4.29. The lowest BCUT2D eigenvalue weighted by atomic mass is 10.2. The van der Waals surface area contributed by atoms with Gasteiger partial charge in [-0.1, -0.05) is 30.5 Å². The van der Waals surface area contributed by atoms with Gasteiger partial charge >= 0.3 is 0 Å². The van der Waals surface area contributed by atoms with Gasteiger partial charge in [-0.2, -0.15) is 0 Å². The smallest absolute Gasteiger partial charge is 0.191 e. The van der Waals surface area contributed by atoms with Crippen molar-refractivity contribution in [3.05, 3.63) is 28.8 Å². The van der Waals surface area contributed by atoms with Crippen LogP contribution in [0.5, 0.6) is 5.75 Å². The second-order valence-electron chi connectivity index (χ2n) is 5.24. The molecule has 1 aromatic rings. The van der Waals surface area contributed by atoms with Gasteiger partial charge in [-0.05, 0) is 31.9 Å². The molecule has 0 aliphatic heterocycles. The molecule has 0 heterocycles. The van der Waals surface area contributed by atoms with E-state index in [2.05, 4.69) is 15.6 Å². The summed E-state index contributed by atoms with van der Waals surface area (Å²) in [7, 11) is 1.80. The Labute approximate surface area is 131 Å². The van der Waals surface area contributed by atoms with Crippen LogP contribution >= 0.6 is 11.6 Å². The Kier molecular flexibility index (Phi) is 6.18. The summed E-state index contributed by atoms with van der Waals surface area (Å²) in [6.45, 7) is 3.26. The Bertz CT molecular complexity index is 484. The number of guanidine groups is 1. The molecular weight excluding hydrogens is 286 g/mol. The van der Waals surface area contributed by atoms with Gasteiger partial charge in [0.15, 0.2) is 5.96 Å². The molecule has 0 saturated heterocycles. The fraction of sp³-hybridized carbons (Fsp3) is 0.562. The number of nitrogens with one attached hydrogen (secondary N) is 2. The van der Waals surface area contributed by atoms with E-state index in [9.17, 15) is 0 Å². The molecule has 116 valence electrons. The Morgan fingerprint density at radius 1 is 1.38 bits per heavy atom. The molecule has 1 aliphatic rings. The summed E-state index contributed by atoms with van der Waals surface area (Å²) < 4.78 is 5.63. The molecule has 0 spiro atoms. The normalized spacial score (nSPS) is 16.0. The lowest BCUT2D eigenvalue weighted by Crippen LogP contribution is -2.41. The van der Waals surface area contributed by atoms with Crippen molar-refractivity contribution in [3.8, 4) is 5.75 Å². The molecule has 2 N–H and O–H groups in total. The van der Waals surface area contributed by atoms with Crippen LogP contribution in [-0.2, 0) is 6.54 Å². The number of hydrogen-bond donors (Lipinski definition) is 2. The number of aliphatic imine (C=N–C) groups is 1. The van der Waals surface area contributed by atoms with Gasteiger partial charge in [-0.25, -0.2) is 0 Å². The van der Waals surface area contributed by atoms with E-state index in [4.69, 9.17) is 16.3 Å². The van der Waals surface area contributed by atoms with E-state index < -0.39 is 0 Å². The van der Waals surface area contributed by atoms with E-state index in [1.54, 1.807) is 7.05 Å². The van der Waals surface area contributed by atoms with Gasteiger partial charge in [0.25, 0.3) is 0 Å². The first-order valence-electron chi connectivity index (χ1n) is 7.61. The Morgan fingerprint density at radius 3 is 2.81 bits per heavy atom. The molecule has 4 nitrogen and oxygen atoms in total. The van der Waals surface area contributed by atoms with Crippen LogP contribution in [0, 0.1) is 0 Å². The zero-order valence-corrected chi connectivity index (χ0v) is 13.5. The maximum absolute atomic E-state index is 6.02. The average molecular weight is 310 g/mol. The van der Waals surface area contributed by atoms with Crippen LogP contribution in [0.3, 0.4) is 0 Å². The highest BCUT2D eigenvalue weighted by Gasteiger charge is 2.16. The summed E-state index contributed by atoms with van der Waals surface area (Å²) in [5.41, 5.74) is 1.08. The number of rotatable bonds is 5. The van der Waals surface area contributed by atoms with E-state index in [0.29, 0.717) is 24.2 Å². The second-order valence-corrected chi connectivity index (χ2v) is 5.67. The molecule has 2 rings (SSSR count). The monoisotopic (exact) mass is 309 g/mol. The molecule has 0 amide bonds. The maximum atomic E-state index is 6.02. The minimum Gasteiger partial charge on any atom is -0.493 e. The fourth-order valence-electron chi connectivity index (χ4n) is 2.60. The summed E-state index contributed by atoms with van der Waals surface area (Å²) >= 11 is 6.02. The SMILES string of the molecule is CCOc1cc(Cl)ccc1CNC(=NC)NC1CCCC1. The summed E-state index contributed by atoms with van der Waals surface area (Å²) in [5.74, 6) is 1.67. The molecule has 0 radical (unpaired) electrons. The summed E-state index contributed by atoms with van der Waals surface area (Å²) in [5, 5.41) is 7.51. The van der Waals surface area contributed by atoms with E-state index in [-0.39, 0.29) is 0 Å². The number of benzene rings is 1. The lowest BCUT2D eigenvalue weighted by molar-refractivity contribution is 0.336. The van der Waals surface area contributed by atoms with Crippen molar-refractivity contribution in [1.82, 2.24) is 10.6 Å². The van der Waals surface area contributed by atoms with Gasteiger partial charge in [-0.15, -0.1) is 0 Å². The Balaban J connectivity index is 1.94. The number of hydrogen-bond acceptors (Lipinski definition) is 2. The molecule has 0 atom stereocenters. The minimum absolute atomic E-state index is 0.549. The molecule has 0 bridgehead atoms. The van der Waals surface area contributed by atoms with Gasteiger partial charge < -0.3 is 15.4 Å². The van der Waals surface area contributed by atoms with Crippen molar-refractivity contribution >= 4 is 17.6 Å². The van der Waals surface area contributed by atoms with E-state index in [0.717, 1.165) is 17.3 Å². The Morgan fingerprint density at radius 2 is 2.14 bits per heavy atom. The van der Waals surface area contributed by atoms with Crippen LogP contribution in [-0.4, -0.2) is 25.7 Å². The third kappa shape index (κ3) is 4.81. The molecule has 21 heavy (non-hydrogen) atoms. The first-order chi connectivity index (χ1) is 10.2. The van der Waals surface area contributed by atoms with Crippen molar-refractivity contribution < 1.29 is 4.74 Å². The van der Waals surface area contributed by atoms with Gasteiger partial charge in [0, 0.05) is 30.2 Å². The van der Waals surface area contributed by atoms with Crippen LogP contribution in [0.1, 0.15) is 38.2 Å². The van der Waals surface area contributed by atoms with Crippen LogP contribution in [0.15, 0.2) is 23.2 Å². The number of halogens is 1. The maximum Gasteiger partial charge on any atom is 0.191 e.